The maximum absolute atomic E-state index is 12.6. The van der Waals surface area contributed by atoms with Crippen molar-refractivity contribution in [1.82, 2.24) is 4.90 Å². The maximum Gasteiger partial charge on any atom is 0.254 e. The number of piperidine rings is 1. The van der Waals surface area contributed by atoms with Crippen molar-refractivity contribution in [3.05, 3.63) is 35.4 Å². The van der Waals surface area contributed by atoms with E-state index in [0.717, 1.165) is 19.4 Å². The molecule has 1 aromatic rings. The lowest BCUT2D eigenvalue weighted by atomic mass is 9.92. The Morgan fingerprint density at radius 1 is 1.30 bits per heavy atom. The molecule has 130 valence electrons. The van der Waals surface area contributed by atoms with Crippen LogP contribution in [0.2, 0.25) is 0 Å². The van der Waals surface area contributed by atoms with Crippen molar-refractivity contribution in [2.75, 3.05) is 19.3 Å². The highest BCUT2D eigenvalue weighted by atomic mass is 35.5. The Labute approximate surface area is 144 Å². The predicted octanol–water partition coefficient (Wildman–Crippen LogP) is 1.85. The molecule has 2 atom stereocenters. The minimum Gasteiger partial charge on any atom is -0.334 e. The lowest BCUT2D eigenvalue weighted by molar-refractivity contribution is 0.0573. The fraction of sp³-hybridized carbons (Fsp3) is 0.562. The molecule has 1 aliphatic heterocycles. The van der Waals surface area contributed by atoms with E-state index in [1.165, 1.54) is 6.26 Å². The zero-order valence-corrected chi connectivity index (χ0v) is 15.2. The molecule has 0 saturated carbocycles. The van der Waals surface area contributed by atoms with Gasteiger partial charge in [-0.2, -0.15) is 0 Å². The lowest BCUT2D eigenvalue weighted by Gasteiger charge is -2.38. The Balaban J connectivity index is 0.00000264. The van der Waals surface area contributed by atoms with E-state index in [1.807, 2.05) is 4.90 Å². The number of amides is 1. The standard InChI is InChI=1S/C16H24N2O3S.ClH/c1-12-7-8-18(15(9-12)10-17)16(19)14-5-3-13(4-6-14)11-22(2,20)21;/h3-6,12,15H,7-11,17H2,1-2H3;1H. The van der Waals surface area contributed by atoms with Crippen molar-refractivity contribution in [1.29, 1.82) is 0 Å². The number of benzene rings is 1. The van der Waals surface area contributed by atoms with E-state index in [0.29, 0.717) is 23.6 Å². The van der Waals surface area contributed by atoms with Crippen LogP contribution in [-0.4, -0.2) is 44.6 Å². The van der Waals surface area contributed by atoms with Crippen LogP contribution >= 0.6 is 12.4 Å². The molecule has 2 rings (SSSR count). The molecular formula is C16H25ClN2O3S. The number of halogens is 1. The van der Waals surface area contributed by atoms with Crippen LogP contribution in [0.5, 0.6) is 0 Å². The summed E-state index contributed by atoms with van der Waals surface area (Å²) >= 11 is 0. The normalized spacial score (nSPS) is 21.6. The van der Waals surface area contributed by atoms with E-state index < -0.39 is 9.84 Å². The molecular weight excluding hydrogens is 336 g/mol. The Morgan fingerprint density at radius 2 is 1.91 bits per heavy atom. The van der Waals surface area contributed by atoms with Crippen LogP contribution in [0.1, 0.15) is 35.7 Å². The van der Waals surface area contributed by atoms with Crippen LogP contribution in [0.15, 0.2) is 24.3 Å². The van der Waals surface area contributed by atoms with Gasteiger partial charge in [-0.25, -0.2) is 8.42 Å². The van der Waals surface area contributed by atoms with Crippen molar-refractivity contribution >= 4 is 28.2 Å². The smallest absolute Gasteiger partial charge is 0.254 e. The molecule has 1 saturated heterocycles. The quantitative estimate of drug-likeness (QED) is 0.888. The third kappa shape index (κ3) is 5.48. The SMILES string of the molecule is CC1CCN(C(=O)c2ccc(CS(C)(=O)=O)cc2)C(CN)C1.Cl. The highest BCUT2D eigenvalue weighted by Crippen LogP contribution is 2.23. The number of likely N-dealkylation sites (tertiary alicyclic amines) is 1. The molecule has 2 N–H and O–H groups in total. The van der Waals surface area contributed by atoms with E-state index in [4.69, 9.17) is 5.73 Å². The summed E-state index contributed by atoms with van der Waals surface area (Å²) in [6.45, 7) is 3.39. The summed E-state index contributed by atoms with van der Waals surface area (Å²) in [5.74, 6) is 0.566. The average Bonchev–Trinajstić information content (AvgIpc) is 2.45. The van der Waals surface area contributed by atoms with Gasteiger partial charge >= 0.3 is 0 Å². The molecule has 0 aliphatic carbocycles. The summed E-state index contributed by atoms with van der Waals surface area (Å²) in [5.41, 5.74) is 7.09. The summed E-state index contributed by atoms with van der Waals surface area (Å²) in [7, 11) is -3.06. The second-order valence-corrected chi connectivity index (χ2v) is 8.42. The van der Waals surface area contributed by atoms with Gasteiger partial charge < -0.3 is 10.6 Å². The Hall–Kier alpha value is -1.11. The fourth-order valence-electron chi connectivity index (χ4n) is 2.95. The van der Waals surface area contributed by atoms with Crippen molar-refractivity contribution in [3.63, 3.8) is 0 Å². The molecule has 2 unspecified atom stereocenters. The molecule has 0 radical (unpaired) electrons. The van der Waals surface area contributed by atoms with E-state index in [2.05, 4.69) is 6.92 Å². The number of hydrogen-bond donors (Lipinski definition) is 1. The molecule has 0 spiro atoms. The summed E-state index contributed by atoms with van der Waals surface area (Å²) in [4.78, 5) is 14.5. The van der Waals surface area contributed by atoms with E-state index >= 15 is 0 Å². The van der Waals surface area contributed by atoms with Crippen LogP contribution in [0.25, 0.3) is 0 Å². The summed E-state index contributed by atoms with van der Waals surface area (Å²) in [6, 6.07) is 6.91. The number of carbonyl (C=O) groups excluding carboxylic acids is 1. The van der Waals surface area contributed by atoms with Crippen LogP contribution in [0.3, 0.4) is 0 Å². The van der Waals surface area contributed by atoms with E-state index in [-0.39, 0.29) is 30.1 Å². The van der Waals surface area contributed by atoms with Crippen molar-refractivity contribution < 1.29 is 13.2 Å². The second-order valence-electron chi connectivity index (χ2n) is 6.28. The molecule has 5 nitrogen and oxygen atoms in total. The van der Waals surface area contributed by atoms with Crippen molar-refractivity contribution in [2.24, 2.45) is 11.7 Å². The van der Waals surface area contributed by atoms with Gasteiger partial charge in [-0.3, -0.25) is 4.79 Å². The molecule has 0 bridgehead atoms. The van der Waals surface area contributed by atoms with Crippen LogP contribution in [0.4, 0.5) is 0 Å². The molecule has 23 heavy (non-hydrogen) atoms. The topological polar surface area (TPSA) is 80.5 Å². The highest BCUT2D eigenvalue weighted by molar-refractivity contribution is 7.89. The van der Waals surface area contributed by atoms with Gasteiger partial charge in [0, 0.05) is 31.0 Å². The summed E-state index contributed by atoms with van der Waals surface area (Å²) in [6.07, 6.45) is 3.13. The molecule has 1 aromatic carbocycles. The molecule has 7 heteroatoms. The molecule has 1 aliphatic rings. The van der Waals surface area contributed by atoms with Gasteiger partial charge in [0.25, 0.3) is 5.91 Å². The monoisotopic (exact) mass is 360 g/mol. The van der Waals surface area contributed by atoms with Gasteiger partial charge in [0.15, 0.2) is 9.84 Å². The first-order chi connectivity index (χ1) is 10.3. The first kappa shape index (κ1) is 19.9. The van der Waals surface area contributed by atoms with Crippen molar-refractivity contribution in [2.45, 2.75) is 31.6 Å². The number of carbonyl (C=O) groups is 1. The highest BCUT2D eigenvalue weighted by Gasteiger charge is 2.29. The van der Waals surface area contributed by atoms with E-state index in [1.54, 1.807) is 24.3 Å². The molecule has 1 heterocycles. The first-order valence-electron chi connectivity index (χ1n) is 7.58. The lowest BCUT2D eigenvalue weighted by Crippen LogP contribution is -2.49. The number of hydrogen-bond acceptors (Lipinski definition) is 4. The number of rotatable bonds is 4. The van der Waals surface area contributed by atoms with Gasteiger partial charge in [-0.05, 0) is 36.5 Å². The van der Waals surface area contributed by atoms with E-state index in [9.17, 15) is 13.2 Å². The molecule has 1 amide bonds. The first-order valence-corrected chi connectivity index (χ1v) is 9.64. The largest absolute Gasteiger partial charge is 0.334 e. The molecule has 1 fully saturated rings. The van der Waals surface area contributed by atoms with Gasteiger partial charge in [-0.1, -0.05) is 19.1 Å². The van der Waals surface area contributed by atoms with Crippen LogP contribution in [0, 0.1) is 5.92 Å². The Morgan fingerprint density at radius 3 is 2.43 bits per heavy atom. The average molecular weight is 361 g/mol. The summed E-state index contributed by atoms with van der Waals surface area (Å²) in [5, 5.41) is 0. The minimum atomic E-state index is -3.06. The third-order valence-electron chi connectivity index (χ3n) is 4.14. The zero-order valence-electron chi connectivity index (χ0n) is 13.6. The minimum absolute atomic E-state index is 0. The summed E-state index contributed by atoms with van der Waals surface area (Å²) < 4.78 is 22.6. The Kier molecular flexibility index (Phi) is 7.04. The van der Waals surface area contributed by atoms with Gasteiger partial charge in [0.2, 0.25) is 0 Å². The predicted molar refractivity (Wildman–Crippen MR) is 94.5 cm³/mol. The number of sulfone groups is 1. The van der Waals surface area contributed by atoms with Gasteiger partial charge in [-0.15, -0.1) is 12.4 Å². The number of nitrogens with zero attached hydrogens (tertiary/aromatic N) is 1. The zero-order chi connectivity index (χ0) is 16.3. The number of nitrogens with two attached hydrogens (primary N) is 1. The molecule has 0 aromatic heterocycles. The van der Waals surface area contributed by atoms with Gasteiger partial charge in [0.05, 0.1) is 5.75 Å². The Bertz CT molecular complexity index is 631. The van der Waals surface area contributed by atoms with Crippen LogP contribution < -0.4 is 5.73 Å². The fourth-order valence-corrected chi connectivity index (χ4v) is 3.75. The van der Waals surface area contributed by atoms with Crippen molar-refractivity contribution in [3.8, 4) is 0 Å². The van der Waals surface area contributed by atoms with Gasteiger partial charge in [0.1, 0.15) is 0 Å². The van der Waals surface area contributed by atoms with Crippen LogP contribution in [-0.2, 0) is 15.6 Å². The third-order valence-corrected chi connectivity index (χ3v) is 5.00. The maximum atomic E-state index is 12.6. The second kappa shape index (κ2) is 8.13.